The van der Waals surface area contributed by atoms with Crippen LogP contribution in [0.4, 0.5) is 11.6 Å². The lowest BCUT2D eigenvalue weighted by molar-refractivity contribution is -0.120. The van der Waals surface area contributed by atoms with Crippen LogP contribution >= 0.6 is 0 Å². The van der Waals surface area contributed by atoms with Gasteiger partial charge in [-0.1, -0.05) is 0 Å². The Morgan fingerprint density at radius 2 is 2.06 bits per heavy atom. The van der Waals surface area contributed by atoms with E-state index < -0.39 is 0 Å². The highest BCUT2D eigenvalue weighted by Crippen LogP contribution is 2.23. The van der Waals surface area contributed by atoms with Gasteiger partial charge in [-0.15, -0.1) is 0 Å². The molecule has 0 aromatic carbocycles. The summed E-state index contributed by atoms with van der Waals surface area (Å²) in [6.07, 6.45) is 0.511. The second-order valence-electron chi connectivity index (χ2n) is 4.41. The molecule has 1 fully saturated rings. The number of amides is 1. The molecule has 0 atom stereocenters. The van der Waals surface area contributed by atoms with Gasteiger partial charge in [0.1, 0.15) is 17.5 Å². The third-order valence-corrected chi connectivity index (χ3v) is 3.08. The van der Waals surface area contributed by atoms with Gasteiger partial charge in [-0.05, 0) is 13.8 Å². The molecule has 6 heteroatoms. The molecule has 0 spiro atoms. The number of nitrogens with zero attached hydrogens (tertiary/aromatic N) is 3. The Balaban J connectivity index is 2.31. The molecule has 0 radical (unpaired) electrons. The van der Waals surface area contributed by atoms with Crippen molar-refractivity contribution in [3.05, 3.63) is 11.4 Å². The Bertz CT molecular complexity index is 460. The molecule has 1 aliphatic rings. The van der Waals surface area contributed by atoms with Crippen molar-refractivity contribution in [2.24, 2.45) is 0 Å². The van der Waals surface area contributed by atoms with Gasteiger partial charge in [0.05, 0.1) is 0 Å². The highest BCUT2D eigenvalue weighted by molar-refractivity contribution is 5.77. The highest BCUT2D eigenvalue weighted by Gasteiger charge is 2.18. The quantitative estimate of drug-likeness (QED) is 0.797. The van der Waals surface area contributed by atoms with Crippen LogP contribution in [0.2, 0.25) is 0 Å². The fourth-order valence-electron chi connectivity index (χ4n) is 2.14. The lowest BCUT2D eigenvalue weighted by Gasteiger charge is -2.23. The first kappa shape index (κ1) is 12.6. The number of aryl methyl sites for hydroxylation is 1. The van der Waals surface area contributed by atoms with Crippen LogP contribution in [0, 0.1) is 13.8 Å². The van der Waals surface area contributed by atoms with E-state index in [9.17, 15) is 4.79 Å². The number of hydrogen-bond acceptors (Lipinski definition) is 5. The number of carbonyl (C=O) groups is 1. The number of hydrogen-bond donors (Lipinski definition) is 2. The predicted octanol–water partition coefficient (Wildman–Crippen LogP) is 0.461. The Labute approximate surface area is 107 Å². The molecule has 0 aliphatic carbocycles. The molecular formula is C12H19N5O. The zero-order chi connectivity index (χ0) is 13.1. The second kappa shape index (κ2) is 5.20. The van der Waals surface area contributed by atoms with E-state index in [1.807, 2.05) is 20.9 Å². The molecule has 0 unspecified atom stereocenters. The van der Waals surface area contributed by atoms with E-state index >= 15 is 0 Å². The van der Waals surface area contributed by atoms with E-state index in [-0.39, 0.29) is 5.91 Å². The summed E-state index contributed by atoms with van der Waals surface area (Å²) >= 11 is 0. The number of nitrogens with one attached hydrogen (secondary N) is 2. The van der Waals surface area contributed by atoms with E-state index in [4.69, 9.17) is 0 Å². The average molecular weight is 249 g/mol. The van der Waals surface area contributed by atoms with Crippen LogP contribution in [-0.4, -0.2) is 42.6 Å². The zero-order valence-electron chi connectivity index (χ0n) is 11.1. The fraction of sp³-hybridized carbons (Fsp3) is 0.583. The van der Waals surface area contributed by atoms with Crippen LogP contribution in [0.3, 0.4) is 0 Å². The van der Waals surface area contributed by atoms with Gasteiger partial charge < -0.3 is 15.5 Å². The smallest absolute Gasteiger partial charge is 0.221 e. The van der Waals surface area contributed by atoms with Crippen LogP contribution in [-0.2, 0) is 4.79 Å². The molecule has 1 aromatic rings. The maximum atomic E-state index is 11.4. The molecule has 1 aliphatic heterocycles. The number of rotatable bonds is 2. The van der Waals surface area contributed by atoms with Gasteiger partial charge in [-0.25, -0.2) is 9.97 Å². The van der Waals surface area contributed by atoms with Crippen molar-refractivity contribution in [1.82, 2.24) is 15.3 Å². The maximum absolute atomic E-state index is 11.4. The number of aromatic nitrogens is 2. The molecule has 98 valence electrons. The summed E-state index contributed by atoms with van der Waals surface area (Å²) in [6, 6.07) is 0. The summed E-state index contributed by atoms with van der Waals surface area (Å²) in [5, 5.41) is 5.95. The van der Waals surface area contributed by atoms with Crippen molar-refractivity contribution in [1.29, 1.82) is 0 Å². The van der Waals surface area contributed by atoms with Crippen molar-refractivity contribution in [3.63, 3.8) is 0 Å². The molecule has 2 heterocycles. The van der Waals surface area contributed by atoms with Crippen LogP contribution in [0.1, 0.15) is 17.8 Å². The maximum Gasteiger partial charge on any atom is 0.221 e. The first-order chi connectivity index (χ1) is 8.61. The SMILES string of the molecule is CNc1nc(C)nc(N2CCNC(=O)CC2)c1C. The minimum Gasteiger partial charge on any atom is -0.373 e. The molecule has 1 aromatic heterocycles. The van der Waals surface area contributed by atoms with Crippen LogP contribution in [0.25, 0.3) is 0 Å². The summed E-state index contributed by atoms with van der Waals surface area (Å²) < 4.78 is 0. The third-order valence-electron chi connectivity index (χ3n) is 3.08. The van der Waals surface area contributed by atoms with Gasteiger partial charge in [0, 0.05) is 38.7 Å². The Morgan fingerprint density at radius 1 is 1.28 bits per heavy atom. The summed E-state index contributed by atoms with van der Waals surface area (Å²) in [7, 11) is 1.85. The molecule has 0 saturated carbocycles. The van der Waals surface area contributed by atoms with Gasteiger partial charge >= 0.3 is 0 Å². The van der Waals surface area contributed by atoms with Gasteiger partial charge in [0.25, 0.3) is 0 Å². The molecule has 1 saturated heterocycles. The standard InChI is InChI=1S/C12H19N5O/c1-8-11(13-3)15-9(2)16-12(8)17-6-4-10(18)14-5-7-17/h4-7H2,1-3H3,(H,14,18)(H,13,15,16). The molecular weight excluding hydrogens is 230 g/mol. The number of carbonyl (C=O) groups excluding carboxylic acids is 1. The van der Waals surface area contributed by atoms with Crippen molar-refractivity contribution >= 4 is 17.5 Å². The minimum absolute atomic E-state index is 0.106. The Morgan fingerprint density at radius 3 is 2.78 bits per heavy atom. The molecule has 6 nitrogen and oxygen atoms in total. The van der Waals surface area contributed by atoms with Crippen molar-refractivity contribution in [2.75, 3.05) is 36.9 Å². The fourth-order valence-corrected chi connectivity index (χ4v) is 2.14. The Hall–Kier alpha value is -1.85. The number of anilines is 2. The topological polar surface area (TPSA) is 70.2 Å². The van der Waals surface area contributed by atoms with E-state index in [1.54, 1.807) is 0 Å². The largest absolute Gasteiger partial charge is 0.373 e. The van der Waals surface area contributed by atoms with Crippen molar-refractivity contribution in [2.45, 2.75) is 20.3 Å². The van der Waals surface area contributed by atoms with E-state index in [0.717, 1.165) is 29.6 Å². The summed E-state index contributed by atoms with van der Waals surface area (Å²) in [5.41, 5.74) is 1.03. The first-order valence-electron chi connectivity index (χ1n) is 6.16. The Kier molecular flexibility index (Phi) is 3.64. The second-order valence-corrected chi connectivity index (χ2v) is 4.41. The molecule has 18 heavy (non-hydrogen) atoms. The van der Waals surface area contributed by atoms with Crippen LogP contribution < -0.4 is 15.5 Å². The van der Waals surface area contributed by atoms with Gasteiger partial charge in [-0.3, -0.25) is 4.79 Å². The monoisotopic (exact) mass is 249 g/mol. The van der Waals surface area contributed by atoms with E-state index in [1.165, 1.54) is 0 Å². The van der Waals surface area contributed by atoms with E-state index in [0.29, 0.717) is 19.5 Å². The molecule has 1 amide bonds. The summed E-state index contributed by atoms with van der Waals surface area (Å²) in [6.45, 7) is 6.03. The zero-order valence-corrected chi connectivity index (χ0v) is 11.1. The predicted molar refractivity (Wildman–Crippen MR) is 70.9 cm³/mol. The molecule has 2 N–H and O–H groups in total. The lowest BCUT2D eigenvalue weighted by atomic mass is 10.2. The van der Waals surface area contributed by atoms with Crippen LogP contribution in [0.15, 0.2) is 0 Å². The molecule has 0 bridgehead atoms. The normalized spacial score (nSPS) is 16.2. The summed E-state index contributed by atoms with van der Waals surface area (Å²) in [4.78, 5) is 22.4. The van der Waals surface area contributed by atoms with Crippen molar-refractivity contribution in [3.8, 4) is 0 Å². The van der Waals surface area contributed by atoms with Gasteiger partial charge in [0.15, 0.2) is 0 Å². The third kappa shape index (κ3) is 2.52. The average Bonchev–Trinajstić information content (AvgIpc) is 2.56. The lowest BCUT2D eigenvalue weighted by Crippen LogP contribution is -2.30. The van der Waals surface area contributed by atoms with E-state index in [2.05, 4.69) is 25.5 Å². The first-order valence-corrected chi connectivity index (χ1v) is 6.16. The highest BCUT2D eigenvalue weighted by atomic mass is 16.1. The van der Waals surface area contributed by atoms with Crippen LogP contribution in [0.5, 0.6) is 0 Å². The van der Waals surface area contributed by atoms with Gasteiger partial charge in [-0.2, -0.15) is 0 Å². The minimum atomic E-state index is 0.106. The van der Waals surface area contributed by atoms with Crippen molar-refractivity contribution < 1.29 is 4.79 Å². The van der Waals surface area contributed by atoms with Gasteiger partial charge in [0.2, 0.25) is 5.91 Å². The summed E-state index contributed by atoms with van der Waals surface area (Å²) in [5.74, 6) is 2.61. The molecule has 2 rings (SSSR count).